The van der Waals surface area contributed by atoms with Gasteiger partial charge in [-0.25, -0.2) is 0 Å². The van der Waals surface area contributed by atoms with Crippen molar-refractivity contribution in [2.45, 2.75) is 44.8 Å². The number of hydrogen-bond donors (Lipinski definition) is 2. The fourth-order valence-corrected chi connectivity index (χ4v) is 3.60. The lowest BCUT2D eigenvalue weighted by molar-refractivity contribution is -0.147. The highest BCUT2D eigenvalue weighted by Gasteiger charge is 2.46. The van der Waals surface area contributed by atoms with Crippen LogP contribution in [-0.2, 0) is 9.59 Å². The van der Waals surface area contributed by atoms with E-state index in [4.69, 9.17) is 4.74 Å². The fourth-order valence-electron chi connectivity index (χ4n) is 3.60. The molecule has 2 heterocycles. The summed E-state index contributed by atoms with van der Waals surface area (Å²) in [7, 11) is 1.57. The Balaban J connectivity index is 1.64. The third-order valence-electron chi connectivity index (χ3n) is 4.90. The van der Waals surface area contributed by atoms with E-state index in [1.165, 1.54) is 0 Å². The van der Waals surface area contributed by atoms with Crippen LogP contribution in [0.1, 0.15) is 37.0 Å². The van der Waals surface area contributed by atoms with Crippen molar-refractivity contribution in [1.29, 1.82) is 0 Å². The average Bonchev–Trinajstić information content (AvgIpc) is 3.03. The van der Waals surface area contributed by atoms with E-state index < -0.39 is 12.1 Å². The van der Waals surface area contributed by atoms with Crippen LogP contribution < -0.4 is 15.4 Å². The molecule has 0 bridgehead atoms. The van der Waals surface area contributed by atoms with Crippen LogP contribution in [0.2, 0.25) is 0 Å². The maximum Gasteiger partial charge on any atom is 0.251 e. The van der Waals surface area contributed by atoms with Crippen molar-refractivity contribution in [3.05, 3.63) is 29.8 Å². The summed E-state index contributed by atoms with van der Waals surface area (Å²) in [5.41, 5.74) is 0.518. The van der Waals surface area contributed by atoms with E-state index in [2.05, 4.69) is 10.6 Å². The van der Waals surface area contributed by atoms with Crippen molar-refractivity contribution in [3.63, 3.8) is 0 Å². The van der Waals surface area contributed by atoms with Crippen molar-refractivity contribution in [3.8, 4) is 5.75 Å². The highest BCUT2D eigenvalue weighted by atomic mass is 16.5. The highest BCUT2D eigenvalue weighted by molar-refractivity contribution is 5.98. The summed E-state index contributed by atoms with van der Waals surface area (Å²) in [6.45, 7) is 4.41. The van der Waals surface area contributed by atoms with Crippen LogP contribution in [0.3, 0.4) is 0 Å². The number of hydrogen-bond acceptors (Lipinski definition) is 4. The number of amides is 3. The number of carbonyl (C=O) groups is 3. The van der Waals surface area contributed by atoms with Crippen molar-refractivity contribution in [2.24, 2.45) is 5.92 Å². The van der Waals surface area contributed by atoms with Crippen LogP contribution in [0.15, 0.2) is 24.3 Å². The Labute approximate surface area is 153 Å². The number of piperazine rings is 1. The molecule has 3 amide bonds. The quantitative estimate of drug-likeness (QED) is 0.819. The van der Waals surface area contributed by atoms with Crippen LogP contribution in [-0.4, -0.2) is 54.4 Å². The number of nitrogens with zero attached hydrogens (tertiary/aromatic N) is 1. The largest absolute Gasteiger partial charge is 0.497 e. The summed E-state index contributed by atoms with van der Waals surface area (Å²) in [5, 5.41) is 5.76. The van der Waals surface area contributed by atoms with Gasteiger partial charge in [-0.1, -0.05) is 13.8 Å². The van der Waals surface area contributed by atoms with Gasteiger partial charge in [-0.15, -0.1) is 0 Å². The summed E-state index contributed by atoms with van der Waals surface area (Å²) in [4.78, 5) is 39.0. The summed E-state index contributed by atoms with van der Waals surface area (Å²) in [5.74, 6) is 0.594. The minimum Gasteiger partial charge on any atom is -0.497 e. The van der Waals surface area contributed by atoms with Gasteiger partial charge in [0.2, 0.25) is 11.8 Å². The fraction of sp³-hybridized carbons (Fsp3) is 0.526. The van der Waals surface area contributed by atoms with Gasteiger partial charge < -0.3 is 20.3 Å². The van der Waals surface area contributed by atoms with Crippen molar-refractivity contribution in [2.75, 3.05) is 13.7 Å². The standard InChI is InChI=1S/C19H25N3O4/c1-11(2)8-15-19(25)22-10-13(9-16(22)18(24)21-15)20-17(23)12-4-6-14(26-3)7-5-12/h4-7,11,13,15-16H,8-10H2,1-3H3,(H,20,23)(H,21,24)/t13-,15-,16-/m0/s1. The van der Waals surface area contributed by atoms with Crippen LogP contribution in [0.4, 0.5) is 0 Å². The molecule has 0 unspecified atom stereocenters. The summed E-state index contributed by atoms with van der Waals surface area (Å²) in [6, 6.07) is 5.63. The van der Waals surface area contributed by atoms with E-state index in [-0.39, 0.29) is 23.8 Å². The van der Waals surface area contributed by atoms with Gasteiger partial charge in [0.1, 0.15) is 17.8 Å². The molecule has 2 aliphatic heterocycles. The molecule has 0 aliphatic carbocycles. The first-order valence-corrected chi connectivity index (χ1v) is 8.94. The third-order valence-corrected chi connectivity index (χ3v) is 4.90. The summed E-state index contributed by atoms with van der Waals surface area (Å²) < 4.78 is 5.09. The molecule has 2 fully saturated rings. The van der Waals surface area contributed by atoms with Gasteiger partial charge in [-0.3, -0.25) is 14.4 Å². The Morgan fingerprint density at radius 3 is 2.62 bits per heavy atom. The van der Waals surface area contributed by atoms with Crippen molar-refractivity contribution < 1.29 is 19.1 Å². The van der Waals surface area contributed by atoms with Gasteiger partial charge in [0.05, 0.1) is 7.11 Å². The normalized spacial score (nSPS) is 25.1. The molecular weight excluding hydrogens is 334 g/mol. The summed E-state index contributed by atoms with van der Waals surface area (Å²) in [6.07, 6.45) is 1.06. The molecular formula is C19H25N3O4. The minimum atomic E-state index is -0.493. The van der Waals surface area contributed by atoms with Crippen LogP contribution >= 0.6 is 0 Å². The molecule has 2 N–H and O–H groups in total. The molecule has 26 heavy (non-hydrogen) atoms. The third kappa shape index (κ3) is 3.66. The predicted octanol–water partition coefficient (Wildman–Crippen LogP) is 0.939. The van der Waals surface area contributed by atoms with Gasteiger partial charge in [-0.2, -0.15) is 0 Å². The lowest BCUT2D eigenvalue weighted by Gasteiger charge is -2.35. The van der Waals surface area contributed by atoms with E-state index in [0.29, 0.717) is 36.6 Å². The number of carbonyl (C=O) groups excluding carboxylic acids is 3. The van der Waals surface area contributed by atoms with E-state index in [1.807, 2.05) is 13.8 Å². The van der Waals surface area contributed by atoms with Crippen LogP contribution in [0.25, 0.3) is 0 Å². The Kier molecular flexibility index (Phi) is 5.15. The minimum absolute atomic E-state index is 0.0514. The molecule has 0 aromatic heterocycles. The second kappa shape index (κ2) is 7.35. The lowest BCUT2D eigenvalue weighted by Crippen LogP contribution is -2.61. The zero-order valence-corrected chi connectivity index (χ0v) is 15.3. The first-order valence-electron chi connectivity index (χ1n) is 8.94. The number of ether oxygens (including phenoxy) is 1. The summed E-state index contributed by atoms with van der Waals surface area (Å²) >= 11 is 0. The monoisotopic (exact) mass is 359 g/mol. The molecule has 3 atom stereocenters. The number of benzene rings is 1. The smallest absolute Gasteiger partial charge is 0.251 e. The number of fused-ring (bicyclic) bond motifs is 1. The van der Waals surface area contributed by atoms with E-state index in [0.717, 1.165) is 0 Å². The van der Waals surface area contributed by atoms with Gasteiger partial charge in [0.25, 0.3) is 5.91 Å². The highest BCUT2D eigenvalue weighted by Crippen LogP contribution is 2.25. The molecule has 140 valence electrons. The van der Waals surface area contributed by atoms with E-state index in [9.17, 15) is 14.4 Å². The number of methoxy groups -OCH3 is 1. The number of rotatable bonds is 5. The van der Waals surface area contributed by atoms with Gasteiger partial charge in [0.15, 0.2) is 0 Å². The Morgan fingerprint density at radius 2 is 2.00 bits per heavy atom. The zero-order chi connectivity index (χ0) is 18.8. The molecule has 1 aromatic carbocycles. The zero-order valence-electron chi connectivity index (χ0n) is 15.3. The molecule has 3 rings (SSSR count). The average molecular weight is 359 g/mol. The Morgan fingerprint density at radius 1 is 1.31 bits per heavy atom. The van der Waals surface area contributed by atoms with Crippen LogP contribution in [0.5, 0.6) is 5.75 Å². The molecule has 1 aromatic rings. The maximum atomic E-state index is 12.6. The first-order chi connectivity index (χ1) is 12.4. The Bertz CT molecular complexity index is 701. The van der Waals surface area contributed by atoms with Gasteiger partial charge in [0, 0.05) is 18.2 Å². The molecule has 7 nitrogen and oxygen atoms in total. The van der Waals surface area contributed by atoms with E-state index in [1.54, 1.807) is 36.3 Å². The molecule has 0 saturated carbocycles. The van der Waals surface area contributed by atoms with Gasteiger partial charge in [-0.05, 0) is 43.0 Å². The first kappa shape index (κ1) is 18.2. The Hall–Kier alpha value is -2.57. The second-order valence-electron chi connectivity index (χ2n) is 7.33. The molecule has 2 aliphatic rings. The second-order valence-corrected chi connectivity index (χ2v) is 7.33. The maximum absolute atomic E-state index is 12.6. The molecule has 0 radical (unpaired) electrons. The van der Waals surface area contributed by atoms with E-state index >= 15 is 0 Å². The molecule has 2 saturated heterocycles. The molecule has 7 heteroatoms. The molecule has 0 spiro atoms. The van der Waals surface area contributed by atoms with Gasteiger partial charge >= 0.3 is 0 Å². The van der Waals surface area contributed by atoms with Crippen molar-refractivity contribution >= 4 is 17.7 Å². The van der Waals surface area contributed by atoms with Crippen LogP contribution in [0, 0.1) is 5.92 Å². The van der Waals surface area contributed by atoms with Crippen molar-refractivity contribution in [1.82, 2.24) is 15.5 Å². The lowest BCUT2D eigenvalue weighted by atomic mass is 9.99. The topological polar surface area (TPSA) is 87.7 Å². The number of nitrogens with one attached hydrogen (secondary N) is 2. The SMILES string of the molecule is COc1ccc(C(=O)N[C@H]2C[C@H]3C(=O)N[C@@H](CC(C)C)C(=O)N3C2)cc1. The predicted molar refractivity (Wildman–Crippen MR) is 95.8 cm³/mol.